The van der Waals surface area contributed by atoms with Crippen LogP contribution in [0.4, 0.5) is 5.69 Å². The van der Waals surface area contributed by atoms with Gasteiger partial charge in [-0.25, -0.2) is 0 Å². The van der Waals surface area contributed by atoms with Gasteiger partial charge in [0, 0.05) is 13.1 Å². The highest BCUT2D eigenvalue weighted by molar-refractivity contribution is 6.13. The summed E-state index contributed by atoms with van der Waals surface area (Å²) in [6, 6.07) is 7.72. The summed E-state index contributed by atoms with van der Waals surface area (Å²) in [7, 11) is 0. The molecule has 0 aromatic heterocycles. The SMILES string of the molecule is O=C1NC2C=CCN=C2N(CCCC=CCN2CCCCC2)c2ccccc21. The number of hydrogen-bond acceptors (Lipinski definition) is 4. The number of allylic oxidation sites excluding steroid dienone is 1. The van der Waals surface area contributed by atoms with Crippen LogP contribution in [0.5, 0.6) is 0 Å². The fraction of sp³-hybridized carbons (Fsp3) is 0.478. The zero-order valence-corrected chi connectivity index (χ0v) is 16.5. The molecule has 1 unspecified atom stereocenters. The number of aliphatic imine (C=N–C) groups is 1. The highest BCUT2D eigenvalue weighted by Crippen LogP contribution is 2.26. The molecule has 4 rings (SSSR count). The number of fused-ring (bicyclic) bond motifs is 2. The molecule has 0 aliphatic carbocycles. The molecule has 0 bridgehead atoms. The third-order valence-corrected chi connectivity index (χ3v) is 5.70. The number of benzene rings is 1. The van der Waals surface area contributed by atoms with Crippen molar-refractivity contribution in [2.24, 2.45) is 4.99 Å². The lowest BCUT2D eigenvalue weighted by Gasteiger charge is -2.29. The van der Waals surface area contributed by atoms with Gasteiger partial charge in [0.1, 0.15) is 11.9 Å². The molecule has 1 atom stereocenters. The van der Waals surface area contributed by atoms with Crippen molar-refractivity contribution in [2.75, 3.05) is 37.6 Å². The first-order chi connectivity index (χ1) is 13.8. The summed E-state index contributed by atoms with van der Waals surface area (Å²) >= 11 is 0. The van der Waals surface area contributed by atoms with Crippen LogP contribution in [0.1, 0.15) is 42.5 Å². The third kappa shape index (κ3) is 4.36. The van der Waals surface area contributed by atoms with E-state index in [-0.39, 0.29) is 11.9 Å². The van der Waals surface area contributed by atoms with Crippen molar-refractivity contribution in [3.8, 4) is 0 Å². The van der Waals surface area contributed by atoms with Gasteiger partial charge in [0.15, 0.2) is 0 Å². The molecule has 1 aromatic carbocycles. The van der Waals surface area contributed by atoms with Crippen molar-refractivity contribution in [3.63, 3.8) is 0 Å². The van der Waals surface area contributed by atoms with E-state index in [2.05, 4.69) is 33.3 Å². The third-order valence-electron chi connectivity index (χ3n) is 5.70. The molecule has 1 fully saturated rings. The summed E-state index contributed by atoms with van der Waals surface area (Å²) in [5.74, 6) is 0.932. The van der Waals surface area contributed by atoms with Crippen molar-refractivity contribution in [1.29, 1.82) is 0 Å². The largest absolute Gasteiger partial charge is 0.339 e. The Morgan fingerprint density at radius 1 is 1.14 bits per heavy atom. The van der Waals surface area contributed by atoms with Crippen LogP contribution in [0.25, 0.3) is 0 Å². The molecule has 0 saturated carbocycles. The molecular weight excluding hydrogens is 348 g/mol. The van der Waals surface area contributed by atoms with Crippen molar-refractivity contribution < 1.29 is 4.79 Å². The number of amidine groups is 1. The Balaban J connectivity index is 1.39. The first-order valence-corrected chi connectivity index (χ1v) is 10.6. The van der Waals surface area contributed by atoms with E-state index in [0.717, 1.165) is 43.0 Å². The number of unbranched alkanes of at least 4 members (excludes halogenated alkanes) is 1. The smallest absolute Gasteiger partial charge is 0.254 e. The number of rotatable bonds is 6. The van der Waals surface area contributed by atoms with Crippen LogP contribution < -0.4 is 10.2 Å². The molecule has 148 valence electrons. The number of hydrogen-bond donors (Lipinski definition) is 1. The van der Waals surface area contributed by atoms with Crippen LogP contribution in [0.15, 0.2) is 53.6 Å². The van der Waals surface area contributed by atoms with Crippen molar-refractivity contribution in [1.82, 2.24) is 10.2 Å². The van der Waals surface area contributed by atoms with Crippen molar-refractivity contribution in [3.05, 3.63) is 54.1 Å². The predicted octanol–water partition coefficient (Wildman–Crippen LogP) is 3.40. The molecule has 28 heavy (non-hydrogen) atoms. The number of para-hydroxylation sites is 1. The number of dihydropyridines is 1. The molecule has 0 radical (unpaired) electrons. The van der Waals surface area contributed by atoms with Crippen LogP contribution >= 0.6 is 0 Å². The molecule has 1 N–H and O–H groups in total. The molecule has 1 amide bonds. The second kappa shape index (κ2) is 9.20. The van der Waals surface area contributed by atoms with Gasteiger partial charge in [-0.15, -0.1) is 0 Å². The molecule has 3 aliphatic heterocycles. The molecule has 0 spiro atoms. The standard InChI is InChI=1S/C23H30N4O/c28-23-19-11-4-5-13-21(19)27(22-20(25-23)12-10-14-24-22)18-9-2-1-6-15-26-16-7-3-8-17-26/h1,4-6,10-13,20H,2-3,7-9,14-18H2,(H,25,28). The van der Waals surface area contributed by atoms with E-state index in [1.807, 2.05) is 30.3 Å². The first kappa shape index (κ1) is 18.9. The Morgan fingerprint density at radius 3 is 2.89 bits per heavy atom. The van der Waals surface area contributed by atoms with E-state index in [1.165, 1.54) is 32.4 Å². The van der Waals surface area contributed by atoms with Gasteiger partial charge in [0.25, 0.3) is 5.91 Å². The summed E-state index contributed by atoms with van der Waals surface area (Å²) in [6.07, 6.45) is 14.8. The minimum atomic E-state index is -0.136. The predicted molar refractivity (Wildman–Crippen MR) is 115 cm³/mol. The van der Waals surface area contributed by atoms with E-state index in [4.69, 9.17) is 4.99 Å². The summed E-state index contributed by atoms with van der Waals surface area (Å²) in [4.78, 5) is 22.1. The summed E-state index contributed by atoms with van der Waals surface area (Å²) in [6.45, 7) is 5.10. The van der Waals surface area contributed by atoms with Gasteiger partial charge in [0.05, 0.1) is 17.8 Å². The molecule has 5 nitrogen and oxygen atoms in total. The Morgan fingerprint density at radius 2 is 2.00 bits per heavy atom. The molecule has 5 heteroatoms. The number of piperidine rings is 1. The van der Waals surface area contributed by atoms with E-state index in [9.17, 15) is 4.79 Å². The quantitative estimate of drug-likeness (QED) is 0.610. The maximum Gasteiger partial charge on any atom is 0.254 e. The fourth-order valence-electron chi connectivity index (χ4n) is 4.22. The van der Waals surface area contributed by atoms with E-state index in [0.29, 0.717) is 6.54 Å². The maximum absolute atomic E-state index is 12.6. The zero-order chi connectivity index (χ0) is 19.2. The van der Waals surface area contributed by atoms with Gasteiger partial charge in [-0.1, -0.05) is 42.9 Å². The number of carbonyl (C=O) groups is 1. The highest BCUT2D eigenvalue weighted by Gasteiger charge is 2.30. The van der Waals surface area contributed by atoms with Gasteiger partial charge in [0.2, 0.25) is 0 Å². The molecule has 3 aliphatic rings. The maximum atomic E-state index is 12.6. The topological polar surface area (TPSA) is 47.9 Å². The fourth-order valence-corrected chi connectivity index (χ4v) is 4.22. The number of nitrogens with zero attached hydrogens (tertiary/aromatic N) is 3. The number of likely N-dealkylation sites (tertiary alicyclic amines) is 1. The highest BCUT2D eigenvalue weighted by atomic mass is 16.1. The van der Waals surface area contributed by atoms with Crippen LogP contribution in [-0.4, -0.2) is 55.4 Å². The number of amides is 1. The lowest BCUT2D eigenvalue weighted by Crippen LogP contribution is -2.46. The molecular formula is C23H30N4O. The average Bonchev–Trinajstić information content (AvgIpc) is 2.86. The normalized spacial score (nSPS) is 22.4. The van der Waals surface area contributed by atoms with E-state index < -0.39 is 0 Å². The van der Waals surface area contributed by atoms with E-state index in [1.54, 1.807) is 0 Å². The summed E-state index contributed by atoms with van der Waals surface area (Å²) in [5, 5.41) is 3.10. The molecule has 1 saturated heterocycles. The zero-order valence-electron chi connectivity index (χ0n) is 16.5. The number of nitrogens with one attached hydrogen (secondary N) is 1. The van der Waals surface area contributed by atoms with Gasteiger partial charge < -0.3 is 10.2 Å². The minimum Gasteiger partial charge on any atom is -0.339 e. The van der Waals surface area contributed by atoms with Crippen molar-refractivity contribution >= 4 is 17.4 Å². The van der Waals surface area contributed by atoms with Crippen LogP contribution in [0.2, 0.25) is 0 Å². The second-order valence-electron chi connectivity index (χ2n) is 7.72. The lowest BCUT2D eigenvalue weighted by molar-refractivity contribution is 0.0954. The minimum absolute atomic E-state index is 0.0243. The summed E-state index contributed by atoms with van der Waals surface area (Å²) < 4.78 is 0. The Labute approximate surface area is 167 Å². The van der Waals surface area contributed by atoms with Crippen LogP contribution in [0, 0.1) is 0 Å². The Hall–Kier alpha value is -2.40. The molecule has 1 aromatic rings. The van der Waals surface area contributed by atoms with E-state index >= 15 is 0 Å². The van der Waals surface area contributed by atoms with Gasteiger partial charge in [-0.05, 0) is 50.9 Å². The Bertz CT molecular complexity index is 777. The van der Waals surface area contributed by atoms with Crippen LogP contribution in [-0.2, 0) is 0 Å². The monoisotopic (exact) mass is 378 g/mol. The van der Waals surface area contributed by atoms with Gasteiger partial charge in [-0.2, -0.15) is 0 Å². The average molecular weight is 379 g/mol. The number of anilines is 1. The van der Waals surface area contributed by atoms with Gasteiger partial charge in [-0.3, -0.25) is 14.7 Å². The lowest BCUT2D eigenvalue weighted by atomic mass is 10.1. The second-order valence-corrected chi connectivity index (χ2v) is 7.72. The van der Waals surface area contributed by atoms with Crippen LogP contribution in [0.3, 0.4) is 0 Å². The Kier molecular flexibility index (Phi) is 6.22. The summed E-state index contributed by atoms with van der Waals surface area (Å²) in [5.41, 5.74) is 1.70. The molecule has 3 heterocycles. The number of carbonyl (C=O) groups excluding carboxylic acids is 1. The van der Waals surface area contributed by atoms with Gasteiger partial charge >= 0.3 is 0 Å². The first-order valence-electron chi connectivity index (χ1n) is 10.6. The van der Waals surface area contributed by atoms with Crippen molar-refractivity contribution in [2.45, 2.75) is 38.1 Å².